The number of rotatable bonds is 9. The number of anilines is 1. The van der Waals surface area contributed by atoms with Gasteiger partial charge in [-0.15, -0.1) is 0 Å². The summed E-state index contributed by atoms with van der Waals surface area (Å²) in [5, 5.41) is -0.536. The largest absolute Gasteiger partial charge is 0.446 e. The summed E-state index contributed by atoms with van der Waals surface area (Å²) in [6.45, 7) is 2.19. The molecule has 8 nitrogen and oxygen atoms in total. The third kappa shape index (κ3) is 6.25. The maximum atomic E-state index is 13.7. The zero-order valence-corrected chi connectivity index (χ0v) is 23.9. The standard InChI is InChI=1S/C28H30F3N3O5S2/c1-2-33(25(36)16-15-24(35)32-41(38,39)19-11-12-19)26-20-5-3-4-6-22(20)34(23-14-13-21(23)26)27(37)17-7-9-18(10-8-17)40-28(29,30)31/h3-10,19,21,23,26H,2,11-16H2,1H3,(H,32,35). The van der Waals surface area contributed by atoms with E-state index in [4.69, 9.17) is 0 Å². The van der Waals surface area contributed by atoms with Gasteiger partial charge in [-0.3, -0.25) is 19.1 Å². The minimum atomic E-state index is -4.42. The van der Waals surface area contributed by atoms with Crippen LogP contribution in [0.3, 0.4) is 0 Å². The summed E-state index contributed by atoms with van der Waals surface area (Å²) in [6, 6.07) is 12.1. The molecular formula is C28H30F3N3O5S2. The molecule has 5 rings (SSSR count). The molecule has 2 aromatic rings. The monoisotopic (exact) mass is 609 g/mol. The smallest absolute Gasteiger partial charge is 0.335 e. The fourth-order valence-corrected chi connectivity index (χ4v) is 7.61. The summed E-state index contributed by atoms with van der Waals surface area (Å²) in [7, 11) is -3.69. The van der Waals surface area contributed by atoms with E-state index < -0.39 is 26.7 Å². The number of amides is 3. The van der Waals surface area contributed by atoms with Crippen LogP contribution in [0.25, 0.3) is 0 Å². The first-order valence-electron chi connectivity index (χ1n) is 13.5. The molecule has 41 heavy (non-hydrogen) atoms. The highest BCUT2D eigenvalue weighted by Crippen LogP contribution is 2.52. The number of hydrogen-bond donors (Lipinski definition) is 1. The Labute approximate surface area is 240 Å². The summed E-state index contributed by atoms with van der Waals surface area (Å²) < 4.78 is 64.4. The van der Waals surface area contributed by atoms with Gasteiger partial charge in [0.25, 0.3) is 5.91 Å². The third-order valence-corrected chi connectivity index (χ3v) is 10.5. The number of nitrogens with one attached hydrogen (secondary N) is 1. The van der Waals surface area contributed by atoms with Crippen molar-refractivity contribution in [3.63, 3.8) is 0 Å². The van der Waals surface area contributed by atoms with Crippen LogP contribution in [0.4, 0.5) is 18.9 Å². The van der Waals surface area contributed by atoms with Gasteiger partial charge in [0.2, 0.25) is 21.8 Å². The van der Waals surface area contributed by atoms with Crippen molar-refractivity contribution in [3.05, 3.63) is 59.7 Å². The number of nitrogens with zero attached hydrogens (tertiary/aromatic N) is 2. The summed E-state index contributed by atoms with van der Waals surface area (Å²) in [5.41, 5.74) is -2.74. The van der Waals surface area contributed by atoms with Crippen molar-refractivity contribution in [1.82, 2.24) is 9.62 Å². The van der Waals surface area contributed by atoms with Crippen molar-refractivity contribution in [2.75, 3.05) is 11.4 Å². The van der Waals surface area contributed by atoms with Crippen molar-refractivity contribution in [2.24, 2.45) is 5.92 Å². The molecule has 1 heterocycles. The molecule has 2 saturated carbocycles. The van der Waals surface area contributed by atoms with E-state index in [1.165, 1.54) is 24.3 Å². The van der Waals surface area contributed by atoms with Gasteiger partial charge < -0.3 is 9.80 Å². The average molecular weight is 610 g/mol. The molecule has 1 aliphatic heterocycles. The molecular weight excluding hydrogens is 579 g/mol. The Morgan fingerprint density at radius 2 is 1.68 bits per heavy atom. The van der Waals surface area contributed by atoms with E-state index in [2.05, 4.69) is 4.72 Å². The lowest BCUT2D eigenvalue weighted by Crippen LogP contribution is -2.58. The maximum Gasteiger partial charge on any atom is 0.446 e. The lowest BCUT2D eigenvalue weighted by molar-refractivity contribution is -0.137. The van der Waals surface area contributed by atoms with Gasteiger partial charge in [0.15, 0.2) is 0 Å². The van der Waals surface area contributed by atoms with Gasteiger partial charge in [-0.05, 0) is 80.3 Å². The number of benzene rings is 2. The number of alkyl halides is 3. The number of fused-ring (bicyclic) bond motifs is 2. The summed E-state index contributed by atoms with van der Waals surface area (Å²) >= 11 is -0.239. The zero-order valence-electron chi connectivity index (χ0n) is 22.3. The molecule has 2 fully saturated rings. The molecule has 220 valence electrons. The second-order valence-electron chi connectivity index (χ2n) is 10.5. The Bertz CT molecular complexity index is 1440. The molecule has 1 N–H and O–H groups in total. The molecule has 0 aromatic heterocycles. The second kappa shape index (κ2) is 11.3. The van der Waals surface area contributed by atoms with E-state index in [0.29, 0.717) is 31.5 Å². The average Bonchev–Trinajstić information content (AvgIpc) is 3.75. The first-order chi connectivity index (χ1) is 19.4. The van der Waals surface area contributed by atoms with Crippen LogP contribution in [-0.2, 0) is 19.6 Å². The van der Waals surface area contributed by atoms with Crippen molar-refractivity contribution < 1.29 is 36.0 Å². The van der Waals surface area contributed by atoms with E-state index in [1.54, 1.807) is 21.9 Å². The van der Waals surface area contributed by atoms with Gasteiger partial charge in [0.1, 0.15) is 0 Å². The van der Waals surface area contributed by atoms with E-state index in [-0.39, 0.29) is 64.9 Å². The lowest BCUT2D eigenvalue weighted by atomic mass is 9.67. The van der Waals surface area contributed by atoms with Gasteiger partial charge in [-0.1, -0.05) is 18.2 Å². The molecule has 3 atom stereocenters. The summed E-state index contributed by atoms with van der Waals surface area (Å²) in [4.78, 5) is 42.7. The fourth-order valence-electron chi connectivity index (χ4n) is 5.72. The van der Waals surface area contributed by atoms with Crippen LogP contribution in [0, 0.1) is 5.92 Å². The summed E-state index contributed by atoms with van der Waals surface area (Å²) in [5.74, 6) is -1.38. The number of para-hydroxylation sites is 1. The number of sulfonamides is 1. The number of hydrogen-bond acceptors (Lipinski definition) is 6. The zero-order chi connectivity index (χ0) is 29.5. The maximum absolute atomic E-state index is 13.7. The Morgan fingerprint density at radius 1 is 1.00 bits per heavy atom. The van der Waals surface area contributed by atoms with E-state index in [1.807, 2.05) is 19.1 Å². The van der Waals surface area contributed by atoms with Crippen LogP contribution < -0.4 is 9.62 Å². The minimum Gasteiger partial charge on any atom is -0.335 e. The van der Waals surface area contributed by atoms with Crippen molar-refractivity contribution >= 4 is 45.2 Å². The first kappa shape index (κ1) is 29.4. The van der Waals surface area contributed by atoms with E-state index in [0.717, 1.165) is 12.0 Å². The molecule has 0 spiro atoms. The van der Waals surface area contributed by atoms with Crippen LogP contribution in [0.5, 0.6) is 0 Å². The fraction of sp³-hybridized carbons (Fsp3) is 0.464. The van der Waals surface area contributed by atoms with Crippen LogP contribution in [-0.4, -0.2) is 54.4 Å². The van der Waals surface area contributed by atoms with Crippen LogP contribution in [0.2, 0.25) is 0 Å². The highest BCUT2D eigenvalue weighted by Gasteiger charge is 2.51. The Balaban J connectivity index is 1.34. The molecule has 13 heteroatoms. The van der Waals surface area contributed by atoms with Gasteiger partial charge >= 0.3 is 5.51 Å². The molecule has 3 unspecified atom stereocenters. The van der Waals surface area contributed by atoms with Crippen molar-refractivity contribution in [1.29, 1.82) is 0 Å². The number of carbonyl (C=O) groups excluding carboxylic acids is 3. The molecule has 2 aromatic carbocycles. The number of halogens is 3. The number of thioether (sulfide) groups is 1. The minimum absolute atomic E-state index is 0.00870. The van der Waals surface area contributed by atoms with Crippen molar-refractivity contribution in [3.8, 4) is 0 Å². The molecule has 3 aliphatic rings. The Morgan fingerprint density at radius 3 is 2.27 bits per heavy atom. The van der Waals surface area contributed by atoms with Gasteiger partial charge in [-0.2, -0.15) is 13.2 Å². The second-order valence-corrected chi connectivity index (χ2v) is 13.6. The topological polar surface area (TPSA) is 104 Å². The Hall–Kier alpha value is -3.06. The van der Waals surface area contributed by atoms with Gasteiger partial charge in [0.05, 0.1) is 11.3 Å². The van der Waals surface area contributed by atoms with E-state index in [9.17, 15) is 36.0 Å². The lowest BCUT2D eigenvalue weighted by Gasteiger charge is -2.55. The third-order valence-electron chi connectivity index (χ3n) is 7.88. The molecule has 0 saturated heterocycles. The van der Waals surface area contributed by atoms with E-state index >= 15 is 0 Å². The normalized spacial score (nSPS) is 21.8. The van der Waals surface area contributed by atoms with Crippen LogP contribution >= 0.6 is 11.8 Å². The molecule has 2 aliphatic carbocycles. The molecule has 3 amide bonds. The number of carbonyl (C=O) groups is 3. The Kier molecular flexibility index (Phi) is 8.12. The first-order valence-corrected chi connectivity index (χ1v) is 15.9. The SMILES string of the molecule is CCN(C(=O)CCC(=O)NS(=O)(=O)C1CC1)C1c2ccccc2N(C(=O)c2ccc(SC(F)(F)F)cc2)C2CCC12. The quantitative estimate of drug-likeness (QED) is 0.401. The summed E-state index contributed by atoms with van der Waals surface area (Å²) in [6.07, 6.45) is 2.11. The van der Waals surface area contributed by atoms with Crippen LogP contribution in [0.15, 0.2) is 53.4 Å². The predicted octanol–water partition coefficient (Wildman–Crippen LogP) is 5.02. The highest BCUT2D eigenvalue weighted by molar-refractivity contribution is 8.00. The highest BCUT2D eigenvalue weighted by atomic mass is 32.2. The van der Waals surface area contributed by atoms with Gasteiger partial charge in [-0.25, -0.2) is 8.42 Å². The molecule has 0 radical (unpaired) electrons. The molecule has 0 bridgehead atoms. The van der Waals surface area contributed by atoms with Crippen molar-refractivity contribution in [2.45, 2.75) is 73.2 Å². The predicted molar refractivity (Wildman–Crippen MR) is 148 cm³/mol. The van der Waals surface area contributed by atoms with Crippen LogP contribution in [0.1, 0.15) is 67.4 Å². The van der Waals surface area contributed by atoms with Gasteiger partial charge in [0, 0.05) is 47.5 Å².